The number of nitrogens with one attached hydrogen (secondary N) is 2. The van der Waals surface area contributed by atoms with E-state index in [0.717, 1.165) is 6.42 Å². The number of carbonyl (C=O) groups is 2. The van der Waals surface area contributed by atoms with Crippen LogP contribution >= 0.6 is 0 Å². The van der Waals surface area contributed by atoms with Crippen LogP contribution in [0.25, 0.3) is 0 Å². The maximum Gasteiger partial charge on any atom is 0.242 e. The monoisotopic (exact) mass is 223 g/mol. The minimum atomic E-state index is -0.862. The first kappa shape index (κ1) is 12.5. The summed E-state index contributed by atoms with van der Waals surface area (Å²) in [6.45, 7) is 4.18. The van der Waals surface area contributed by atoms with E-state index in [4.69, 9.17) is 5.26 Å². The van der Waals surface area contributed by atoms with Gasteiger partial charge in [-0.15, -0.1) is 0 Å². The van der Waals surface area contributed by atoms with Crippen molar-refractivity contribution >= 4 is 11.8 Å². The lowest BCUT2D eigenvalue weighted by atomic mass is 10.1. The number of hydrogen-bond donors (Lipinski definition) is 2. The van der Waals surface area contributed by atoms with E-state index < -0.39 is 11.5 Å². The zero-order chi connectivity index (χ0) is 12.2. The van der Waals surface area contributed by atoms with E-state index in [1.54, 1.807) is 6.92 Å². The predicted molar refractivity (Wildman–Crippen MR) is 58.2 cm³/mol. The van der Waals surface area contributed by atoms with Crippen LogP contribution in [0.4, 0.5) is 0 Å². The van der Waals surface area contributed by atoms with Gasteiger partial charge in [-0.3, -0.25) is 9.59 Å². The maximum atomic E-state index is 11.6. The summed E-state index contributed by atoms with van der Waals surface area (Å²) in [7, 11) is 0. The molecule has 1 rings (SSSR count). The highest BCUT2D eigenvalue weighted by Crippen LogP contribution is 2.45. The molecule has 1 fully saturated rings. The molecule has 0 aromatic carbocycles. The highest BCUT2D eigenvalue weighted by molar-refractivity contribution is 5.92. The quantitative estimate of drug-likeness (QED) is 0.704. The second-order valence-electron chi connectivity index (χ2n) is 4.18. The summed E-state index contributed by atoms with van der Waals surface area (Å²) < 4.78 is 0. The number of nitrogens with zero attached hydrogens (tertiary/aromatic N) is 1. The molecule has 0 saturated heterocycles. The van der Waals surface area contributed by atoms with Gasteiger partial charge >= 0.3 is 0 Å². The molecule has 2 N–H and O–H groups in total. The van der Waals surface area contributed by atoms with Crippen molar-refractivity contribution in [3.63, 3.8) is 0 Å². The third-order valence-electron chi connectivity index (χ3n) is 2.69. The minimum Gasteiger partial charge on any atom is -0.354 e. The number of carbonyl (C=O) groups excluding carboxylic acids is 2. The molecule has 1 saturated carbocycles. The highest BCUT2D eigenvalue weighted by atomic mass is 16.2. The number of hydrogen-bond acceptors (Lipinski definition) is 3. The van der Waals surface area contributed by atoms with Crippen molar-refractivity contribution in [1.29, 1.82) is 5.26 Å². The first-order chi connectivity index (χ1) is 7.55. The third kappa shape index (κ3) is 2.72. The fourth-order valence-electron chi connectivity index (χ4n) is 1.32. The van der Waals surface area contributed by atoms with E-state index in [9.17, 15) is 9.59 Å². The van der Waals surface area contributed by atoms with Gasteiger partial charge in [0.2, 0.25) is 11.8 Å². The molecule has 1 atom stereocenters. The Bertz CT molecular complexity index is 329. The summed E-state index contributed by atoms with van der Waals surface area (Å²) in [5, 5.41) is 14.1. The SMILES string of the molecule is CCCNC(=O)C(C)NC(=O)C1(C#N)CC1. The van der Waals surface area contributed by atoms with E-state index in [2.05, 4.69) is 10.6 Å². The van der Waals surface area contributed by atoms with Gasteiger partial charge in [0.15, 0.2) is 0 Å². The predicted octanol–water partition coefficient (Wildman–Crippen LogP) is 0.321. The van der Waals surface area contributed by atoms with Crippen LogP contribution in [0.3, 0.4) is 0 Å². The molecule has 1 unspecified atom stereocenters. The van der Waals surface area contributed by atoms with Crippen LogP contribution in [0, 0.1) is 16.7 Å². The van der Waals surface area contributed by atoms with Crippen LogP contribution in [0.5, 0.6) is 0 Å². The Labute approximate surface area is 95.2 Å². The fourth-order valence-corrected chi connectivity index (χ4v) is 1.32. The Kier molecular flexibility index (Phi) is 3.88. The molecular formula is C11H17N3O2. The zero-order valence-electron chi connectivity index (χ0n) is 9.67. The molecule has 5 heteroatoms. The van der Waals surface area contributed by atoms with E-state index in [1.165, 1.54) is 0 Å². The Balaban J connectivity index is 2.40. The summed E-state index contributed by atoms with van der Waals surface area (Å²) >= 11 is 0. The Hall–Kier alpha value is -1.57. The second kappa shape index (κ2) is 4.97. The average molecular weight is 223 g/mol. The topological polar surface area (TPSA) is 82.0 Å². The summed E-state index contributed by atoms with van der Waals surface area (Å²) in [6.07, 6.45) is 2.05. The average Bonchev–Trinajstić information content (AvgIpc) is 3.06. The molecular weight excluding hydrogens is 206 g/mol. The van der Waals surface area contributed by atoms with Gasteiger partial charge in [-0.2, -0.15) is 5.26 Å². The molecule has 0 aromatic heterocycles. The van der Waals surface area contributed by atoms with E-state index in [0.29, 0.717) is 19.4 Å². The van der Waals surface area contributed by atoms with Crippen molar-refractivity contribution in [3.05, 3.63) is 0 Å². The largest absolute Gasteiger partial charge is 0.354 e. The molecule has 0 radical (unpaired) electrons. The van der Waals surface area contributed by atoms with Gasteiger partial charge in [0.05, 0.1) is 6.07 Å². The molecule has 1 aliphatic rings. The Morgan fingerprint density at radius 2 is 2.12 bits per heavy atom. The molecule has 5 nitrogen and oxygen atoms in total. The smallest absolute Gasteiger partial charge is 0.242 e. The Morgan fingerprint density at radius 3 is 2.56 bits per heavy atom. The van der Waals surface area contributed by atoms with Crippen LogP contribution < -0.4 is 10.6 Å². The van der Waals surface area contributed by atoms with Gasteiger partial charge < -0.3 is 10.6 Å². The van der Waals surface area contributed by atoms with Gasteiger partial charge in [0.25, 0.3) is 0 Å². The Morgan fingerprint density at radius 1 is 1.50 bits per heavy atom. The normalized spacial score (nSPS) is 18.1. The van der Waals surface area contributed by atoms with Crippen molar-refractivity contribution in [3.8, 4) is 6.07 Å². The van der Waals surface area contributed by atoms with Gasteiger partial charge in [0, 0.05) is 6.54 Å². The molecule has 0 spiro atoms. The van der Waals surface area contributed by atoms with E-state index >= 15 is 0 Å². The van der Waals surface area contributed by atoms with Gasteiger partial charge in [-0.25, -0.2) is 0 Å². The number of rotatable bonds is 5. The lowest BCUT2D eigenvalue weighted by molar-refractivity contribution is -0.130. The molecule has 2 amide bonds. The standard InChI is InChI=1S/C11H17N3O2/c1-3-6-13-9(15)8(2)14-10(16)11(7-12)4-5-11/h8H,3-6H2,1-2H3,(H,13,15)(H,14,16). The second-order valence-corrected chi connectivity index (χ2v) is 4.18. The van der Waals surface area contributed by atoms with E-state index in [-0.39, 0.29) is 11.8 Å². The number of amides is 2. The molecule has 0 aromatic rings. The summed E-state index contributed by atoms with van der Waals surface area (Å²) in [4.78, 5) is 23.1. The molecule has 1 aliphatic carbocycles. The van der Waals surface area contributed by atoms with Gasteiger partial charge in [0.1, 0.15) is 11.5 Å². The fraction of sp³-hybridized carbons (Fsp3) is 0.727. The van der Waals surface area contributed by atoms with Crippen molar-refractivity contribution in [2.24, 2.45) is 5.41 Å². The zero-order valence-corrected chi connectivity index (χ0v) is 9.67. The molecule has 16 heavy (non-hydrogen) atoms. The minimum absolute atomic E-state index is 0.205. The molecule has 0 heterocycles. The molecule has 0 aliphatic heterocycles. The maximum absolute atomic E-state index is 11.6. The number of nitriles is 1. The lowest BCUT2D eigenvalue weighted by Crippen LogP contribution is -2.47. The van der Waals surface area contributed by atoms with Crippen molar-refractivity contribution in [1.82, 2.24) is 10.6 Å². The summed E-state index contributed by atoms with van der Waals surface area (Å²) in [6, 6.07) is 1.42. The summed E-state index contributed by atoms with van der Waals surface area (Å²) in [5.74, 6) is -0.530. The van der Waals surface area contributed by atoms with Crippen molar-refractivity contribution in [2.75, 3.05) is 6.54 Å². The lowest BCUT2D eigenvalue weighted by Gasteiger charge is -2.15. The summed E-state index contributed by atoms with van der Waals surface area (Å²) in [5.41, 5.74) is -0.862. The van der Waals surface area contributed by atoms with E-state index in [1.807, 2.05) is 13.0 Å². The van der Waals surface area contributed by atoms with Crippen LogP contribution in [-0.4, -0.2) is 24.4 Å². The van der Waals surface area contributed by atoms with Gasteiger partial charge in [-0.05, 0) is 26.2 Å². The third-order valence-corrected chi connectivity index (χ3v) is 2.69. The van der Waals surface area contributed by atoms with Gasteiger partial charge in [-0.1, -0.05) is 6.92 Å². The first-order valence-corrected chi connectivity index (χ1v) is 5.55. The van der Waals surface area contributed by atoms with Crippen molar-refractivity contribution in [2.45, 2.75) is 39.2 Å². The molecule has 88 valence electrons. The van der Waals surface area contributed by atoms with Crippen LogP contribution in [0.15, 0.2) is 0 Å². The van der Waals surface area contributed by atoms with Crippen molar-refractivity contribution < 1.29 is 9.59 Å². The highest BCUT2D eigenvalue weighted by Gasteiger charge is 2.51. The van der Waals surface area contributed by atoms with Crippen LogP contribution in [0.1, 0.15) is 33.1 Å². The van der Waals surface area contributed by atoms with Crippen LogP contribution in [0.2, 0.25) is 0 Å². The van der Waals surface area contributed by atoms with Crippen LogP contribution in [-0.2, 0) is 9.59 Å². The first-order valence-electron chi connectivity index (χ1n) is 5.55. The molecule has 0 bridgehead atoms.